The Morgan fingerprint density at radius 2 is 1.64 bits per heavy atom. The van der Waals surface area contributed by atoms with Crippen LogP contribution in [0.2, 0.25) is 0 Å². The lowest BCUT2D eigenvalue weighted by atomic mass is 9.87. The number of aromatic nitrogens is 2. The molecule has 0 spiro atoms. The molecule has 9 rings (SSSR count). The monoisotopic (exact) mass is 894 g/mol. The molecule has 340 valence electrons. The number of carbonyl (C=O) groups is 4. The van der Waals surface area contributed by atoms with Gasteiger partial charge in [-0.2, -0.15) is 4.98 Å². The van der Waals surface area contributed by atoms with Crippen LogP contribution in [0, 0.1) is 5.92 Å². The molecule has 0 unspecified atom stereocenters. The van der Waals surface area contributed by atoms with Crippen molar-refractivity contribution in [2.75, 3.05) is 6.54 Å². The molecule has 3 N–H and O–H groups in total. The lowest BCUT2D eigenvalue weighted by Gasteiger charge is -2.30. The topological polar surface area (TPSA) is 199 Å². The Labute approximate surface area is 373 Å². The van der Waals surface area contributed by atoms with E-state index in [1.165, 1.54) is 4.90 Å². The van der Waals surface area contributed by atoms with E-state index in [0.29, 0.717) is 54.6 Å². The molecule has 2 aliphatic heterocycles. The smallest absolute Gasteiger partial charge is 0.408 e. The Hall–Kier alpha value is -5.51. The van der Waals surface area contributed by atoms with Crippen LogP contribution in [0.3, 0.4) is 0 Å². The summed E-state index contributed by atoms with van der Waals surface area (Å²) < 4.78 is 47.1. The second-order valence-electron chi connectivity index (χ2n) is 19.3. The van der Waals surface area contributed by atoms with Crippen molar-refractivity contribution in [2.45, 2.75) is 151 Å². The molecule has 2 aromatic heterocycles. The van der Waals surface area contributed by atoms with Gasteiger partial charge in [0.2, 0.25) is 27.4 Å². The summed E-state index contributed by atoms with van der Waals surface area (Å²) in [6.45, 7) is 6.37. The minimum Gasteiger partial charge on any atom is -0.470 e. The average Bonchev–Trinajstić information content (AvgIpc) is 4.17. The number of amides is 4. The number of ether oxygens (including phenoxy) is 2. The molecule has 0 radical (unpaired) electrons. The number of nitrogens with one attached hydrogen (secondary N) is 3. The minimum atomic E-state index is -3.92. The number of benzene rings is 2. The van der Waals surface area contributed by atoms with Gasteiger partial charge >= 0.3 is 6.09 Å². The maximum absolute atomic E-state index is 14.9. The molecule has 3 saturated carbocycles. The molecule has 3 aliphatic carbocycles. The number of hydrogen-bond donors (Lipinski definition) is 3. The van der Waals surface area contributed by atoms with Crippen molar-refractivity contribution in [3.63, 3.8) is 0 Å². The summed E-state index contributed by atoms with van der Waals surface area (Å²) in [6.07, 6.45) is 11.0. The molecule has 2 aromatic carbocycles. The summed E-state index contributed by atoms with van der Waals surface area (Å²) in [6, 6.07) is 13.4. The molecule has 4 fully saturated rings. The van der Waals surface area contributed by atoms with E-state index in [4.69, 9.17) is 23.9 Å². The molecule has 1 saturated heterocycles. The van der Waals surface area contributed by atoms with E-state index >= 15 is 0 Å². The van der Waals surface area contributed by atoms with E-state index in [-0.39, 0.29) is 36.8 Å². The number of carbonyl (C=O) groups excluding carboxylic acids is 4. The van der Waals surface area contributed by atoms with E-state index in [1.807, 2.05) is 60.7 Å². The van der Waals surface area contributed by atoms with Crippen LogP contribution in [0.4, 0.5) is 4.79 Å². The third-order valence-electron chi connectivity index (χ3n) is 13.4. The number of hydrogen-bond acceptors (Lipinski definition) is 11. The summed E-state index contributed by atoms with van der Waals surface area (Å²) in [5.74, 6) is -1.83. The lowest BCUT2D eigenvalue weighted by Crippen LogP contribution is -2.58. The van der Waals surface area contributed by atoms with Gasteiger partial charge in [0.15, 0.2) is 5.82 Å². The molecule has 4 aromatic rings. The second kappa shape index (κ2) is 17.5. The van der Waals surface area contributed by atoms with Crippen LogP contribution >= 0.6 is 0 Å². The highest BCUT2D eigenvalue weighted by atomic mass is 32.2. The fraction of sp³-hybridized carbons (Fsp3) is 0.542. The summed E-state index contributed by atoms with van der Waals surface area (Å²) in [5.41, 5.74) is 1.73. The number of sulfonamides is 1. The van der Waals surface area contributed by atoms with Crippen LogP contribution in [-0.2, 0) is 34.6 Å². The Bertz CT molecular complexity index is 2580. The van der Waals surface area contributed by atoms with Crippen molar-refractivity contribution in [3.05, 3.63) is 66.2 Å². The van der Waals surface area contributed by atoms with Crippen molar-refractivity contribution in [1.29, 1.82) is 0 Å². The first kappa shape index (κ1) is 43.7. The second-order valence-corrected chi connectivity index (χ2v) is 21.3. The lowest BCUT2D eigenvalue weighted by molar-refractivity contribution is -0.141. The third kappa shape index (κ3) is 9.20. The predicted octanol–water partition coefficient (Wildman–Crippen LogP) is 7.12. The highest BCUT2D eigenvalue weighted by molar-refractivity contribution is 7.91. The standard InChI is InChI=1S/C48H58N6O9S/c1-47(2,3)30-22-20-29(21-23-30)41-50-39-35-17-12-13-19-38(35)63-40(39)43(51-41)61-33-26-37-42(55)52-48(45(57)53-64(59,60)34-24-25-34)27-31(48)14-8-5-4-6-11-18-36(44(56)54(37)28-33)49-46(58)62-32-15-9-7-10-16-32/h8,12-14,17,19-23,31-34,36-37H,4-7,9-11,15-16,18,24-28H2,1-3H3,(H,49,58)(H,52,55)(H,53,57)/b14-8-/t31-,33+,36-,37-,48+/m0/s1. The summed E-state index contributed by atoms with van der Waals surface area (Å²) in [4.78, 5) is 68.2. The predicted molar refractivity (Wildman–Crippen MR) is 240 cm³/mol. The molecule has 5 atom stereocenters. The van der Waals surface area contributed by atoms with Gasteiger partial charge in [0.05, 0.1) is 11.8 Å². The number of alkyl carbamates (subject to hydrolysis) is 1. The highest BCUT2D eigenvalue weighted by Crippen LogP contribution is 2.46. The molecule has 4 amide bonds. The Balaban J connectivity index is 1.05. The zero-order chi connectivity index (χ0) is 44.8. The van der Waals surface area contributed by atoms with Crippen LogP contribution in [-0.4, -0.2) is 88.7 Å². The molecular formula is C48H58N6O9S. The number of allylic oxidation sites excluding steroid dienone is 1. The largest absolute Gasteiger partial charge is 0.470 e. The molecule has 16 heteroatoms. The number of furan rings is 1. The minimum absolute atomic E-state index is 0.00324. The van der Waals surface area contributed by atoms with E-state index in [0.717, 1.165) is 61.5 Å². The average molecular weight is 895 g/mol. The van der Waals surface area contributed by atoms with Gasteiger partial charge in [-0.05, 0) is 87.3 Å². The normalized spacial score (nSPS) is 26.5. The summed E-state index contributed by atoms with van der Waals surface area (Å²) in [5, 5.41) is 5.91. The number of fused-ring (bicyclic) bond motifs is 5. The van der Waals surface area contributed by atoms with Gasteiger partial charge in [-0.15, -0.1) is 0 Å². The molecule has 0 bridgehead atoms. The van der Waals surface area contributed by atoms with Crippen molar-refractivity contribution < 1.29 is 41.5 Å². The SMILES string of the molecule is CC(C)(C)c1ccc(-c2nc(O[C@@H]3C[C@H]4C(=O)N[C@]5(C(=O)NS(=O)(=O)C6CC6)C[C@@H]5/C=C\CCCCC[C@H](NC(=O)OC5CCCCC5)C(=O)N4C3)c3oc4ccccc4c3n2)cc1. The first-order valence-electron chi connectivity index (χ1n) is 23.0. The van der Waals surface area contributed by atoms with E-state index in [2.05, 4.69) is 36.1 Å². The van der Waals surface area contributed by atoms with Crippen molar-refractivity contribution in [1.82, 2.24) is 30.2 Å². The highest BCUT2D eigenvalue weighted by Gasteiger charge is 2.62. The molecule has 4 heterocycles. The Kier molecular flexibility index (Phi) is 11.9. The van der Waals surface area contributed by atoms with Crippen molar-refractivity contribution >= 4 is 55.9 Å². The Morgan fingerprint density at radius 3 is 2.39 bits per heavy atom. The summed E-state index contributed by atoms with van der Waals surface area (Å²) in [7, 11) is -3.92. The van der Waals surface area contributed by atoms with Gasteiger partial charge in [0, 0.05) is 23.3 Å². The van der Waals surface area contributed by atoms with Gasteiger partial charge in [-0.3, -0.25) is 19.1 Å². The first-order valence-corrected chi connectivity index (χ1v) is 24.5. The molecule has 64 heavy (non-hydrogen) atoms. The van der Waals surface area contributed by atoms with Crippen LogP contribution < -0.4 is 20.1 Å². The van der Waals surface area contributed by atoms with Gasteiger partial charge in [0.1, 0.15) is 40.9 Å². The molecule has 5 aliphatic rings. The molecule has 15 nitrogen and oxygen atoms in total. The fourth-order valence-corrected chi connectivity index (χ4v) is 10.8. The van der Waals surface area contributed by atoms with Crippen LogP contribution in [0.25, 0.3) is 33.5 Å². The summed E-state index contributed by atoms with van der Waals surface area (Å²) >= 11 is 0. The van der Waals surface area contributed by atoms with E-state index in [1.54, 1.807) is 0 Å². The quantitative estimate of drug-likeness (QED) is 0.152. The fourth-order valence-electron chi connectivity index (χ4n) is 9.41. The Morgan fingerprint density at radius 1 is 0.906 bits per heavy atom. The zero-order valence-corrected chi connectivity index (χ0v) is 37.6. The van der Waals surface area contributed by atoms with Gasteiger partial charge in [-0.1, -0.05) is 88.6 Å². The zero-order valence-electron chi connectivity index (χ0n) is 36.8. The number of rotatable bonds is 8. The van der Waals surface area contributed by atoms with Gasteiger partial charge < -0.3 is 29.4 Å². The molecular weight excluding hydrogens is 837 g/mol. The van der Waals surface area contributed by atoms with Gasteiger partial charge in [0.25, 0.3) is 11.8 Å². The maximum Gasteiger partial charge on any atom is 0.408 e. The van der Waals surface area contributed by atoms with Crippen LogP contribution in [0.1, 0.15) is 116 Å². The first-order chi connectivity index (χ1) is 30.7. The van der Waals surface area contributed by atoms with E-state index in [9.17, 15) is 27.6 Å². The maximum atomic E-state index is 14.9. The van der Waals surface area contributed by atoms with Crippen molar-refractivity contribution in [3.8, 4) is 17.3 Å². The third-order valence-corrected chi connectivity index (χ3v) is 15.3. The number of nitrogens with zero attached hydrogens (tertiary/aromatic N) is 3. The van der Waals surface area contributed by atoms with Crippen molar-refractivity contribution in [2.24, 2.45) is 5.92 Å². The number of para-hydroxylation sites is 1. The van der Waals surface area contributed by atoms with Gasteiger partial charge in [-0.25, -0.2) is 18.2 Å². The van der Waals surface area contributed by atoms with Crippen LogP contribution in [0.15, 0.2) is 65.1 Å². The van der Waals surface area contributed by atoms with Crippen LogP contribution in [0.5, 0.6) is 5.88 Å². The van der Waals surface area contributed by atoms with E-state index < -0.39 is 68.7 Å².